The van der Waals surface area contributed by atoms with Gasteiger partial charge in [-0.15, -0.1) is 10.2 Å². The van der Waals surface area contributed by atoms with Crippen molar-refractivity contribution in [2.24, 2.45) is 0 Å². The maximum Gasteiger partial charge on any atom is 0.291 e. The van der Waals surface area contributed by atoms with E-state index in [2.05, 4.69) is 15.5 Å². The lowest BCUT2D eigenvalue weighted by molar-refractivity contribution is 0.0914. The van der Waals surface area contributed by atoms with E-state index in [1.807, 2.05) is 54.6 Å². The Hall–Kier alpha value is -2.96. The van der Waals surface area contributed by atoms with E-state index in [-0.39, 0.29) is 17.8 Å². The van der Waals surface area contributed by atoms with Crippen molar-refractivity contribution in [3.63, 3.8) is 0 Å². The maximum atomic E-state index is 13.0. The van der Waals surface area contributed by atoms with Gasteiger partial charge >= 0.3 is 0 Å². The van der Waals surface area contributed by atoms with Crippen LogP contribution < -0.4 is 5.32 Å². The summed E-state index contributed by atoms with van der Waals surface area (Å²) in [4.78, 5) is 13.0. The Morgan fingerprint density at radius 1 is 0.938 bits per heavy atom. The van der Waals surface area contributed by atoms with E-state index >= 15 is 0 Å². The molecule has 0 bridgehead atoms. The van der Waals surface area contributed by atoms with E-state index in [4.69, 9.17) is 28.3 Å². The highest BCUT2D eigenvalue weighted by molar-refractivity contribution is 6.33. The van der Waals surface area contributed by atoms with E-state index in [1.165, 1.54) is 10.9 Å². The first-order valence-electron chi connectivity index (χ1n) is 10.7. The Labute approximate surface area is 195 Å². The molecule has 1 aliphatic rings. The molecule has 1 fully saturated rings. The van der Waals surface area contributed by atoms with Gasteiger partial charge in [-0.2, -0.15) is 9.61 Å². The van der Waals surface area contributed by atoms with Crippen LogP contribution in [0.2, 0.25) is 10.0 Å². The monoisotopic (exact) mass is 465 g/mol. The molecule has 162 valence electrons. The van der Waals surface area contributed by atoms with E-state index in [9.17, 15) is 4.79 Å². The minimum absolute atomic E-state index is 0.167. The highest BCUT2D eigenvalue weighted by Crippen LogP contribution is 2.35. The molecule has 32 heavy (non-hydrogen) atoms. The van der Waals surface area contributed by atoms with E-state index in [1.54, 1.807) is 0 Å². The molecule has 0 unspecified atom stereocenters. The van der Waals surface area contributed by atoms with Crippen molar-refractivity contribution in [1.82, 2.24) is 25.1 Å². The average molecular weight is 466 g/mol. The molecule has 6 nitrogen and oxygen atoms in total. The number of fused-ring (bicyclic) bond motifs is 1. The fraction of sp³-hybridized carbons (Fsp3) is 0.250. The molecule has 1 amide bonds. The van der Waals surface area contributed by atoms with Crippen molar-refractivity contribution in [3.8, 4) is 22.4 Å². The van der Waals surface area contributed by atoms with Crippen LogP contribution in [0.3, 0.4) is 0 Å². The number of carbonyl (C=O) groups is 1. The van der Waals surface area contributed by atoms with Crippen LogP contribution >= 0.6 is 23.2 Å². The third kappa shape index (κ3) is 4.08. The van der Waals surface area contributed by atoms with Crippen LogP contribution in [-0.2, 0) is 0 Å². The minimum atomic E-state index is -0.263. The number of rotatable bonds is 4. The fourth-order valence-electron chi connectivity index (χ4n) is 4.17. The van der Waals surface area contributed by atoms with Crippen LogP contribution in [0.15, 0.2) is 54.6 Å². The summed E-state index contributed by atoms with van der Waals surface area (Å²) in [7, 11) is 0. The molecule has 4 aromatic rings. The molecule has 2 heterocycles. The lowest BCUT2D eigenvalue weighted by atomic mass is 9.95. The Morgan fingerprint density at radius 2 is 1.69 bits per heavy atom. The van der Waals surface area contributed by atoms with Gasteiger partial charge in [-0.25, -0.2) is 0 Å². The number of nitrogens with one attached hydrogen (secondary N) is 1. The summed E-state index contributed by atoms with van der Waals surface area (Å²) < 4.78 is 1.50. The third-order valence-corrected chi connectivity index (χ3v) is 6.40. The van der Waals surface area contributed by atoms with Gasteiger partial charge in [-0.05, 0) is 42.7 Å². The summed E-state index contributed by atoms with van der Waals surface area (Å²) in [6, 6.07) is 17.0. The number of benzene rings is 2. The molecule has 1 N–H and O–H groups in total. The summed E-state index contributed by atoms with van der Waals surface area (Å²) in [5.74, 6) is -0.0946. The van der Waals surface area contributed by atoms with Gasteiger partial charge in [0.2, 0.25) is 5.82 Å². The number of hydrogen-bond donors (Lipinski definition) is 1. The van der Waals surface area contributed by atoms with Crippen LogP contribution in [0.1, 0.15) is 42.7 Å². The molecule has 1 aliphatic carbocycles. The highest BCUT2D eigenvalue weighted by atomic mass is 35.5. The third-order valence-electron chi connectivity index (χ3n) is 5.82. The van der Waals surface area contributed by atoms with Gasteiger partial charge in [0.05, 0.1) is 5.02 Å². The van der Waals surface area contributed by atoms with Gasteiger partial charge in [0.25, 0.3) is 5.91 Å². The van der Waals surface area contributed by atoms with Crippen molar-refractivity contribution in [2.45, 2.75) is 38.1 Å². The quantitative estimate of drug-likeness (QED) is 0.411. The molecule has 2 aromatic heterocycles. The predicted molar refractivity (Wildman–Crippen MR) is 126 cm³/mol. The first kappa shape index (κ1) is 20.9. The number of amides is 1. The molecule has 0 atom stereocenters. The highest BCUT2D eigenvalue weighted by Gasteiger charge is 2.23. The summed E-state index contributed by atoms with van der Waals surface area (Å²) in [5.41, 5.74) is 3.62. The fourth-order valence-corrected chi connectivity index (χ4v) is 4.52. The van der Waals surface area contributed by atoms with Crippen molar-refractivity contribution < 1.29 is 4.79 Å². The summed E-state index contributed by atoms with van der Waals surface area (Å²) in [5, 5.41) is 17.5. The van der Waals surface area contributed by atoms with Crippen LogP contribution in [0, 0.1) is 0 Å². The zero-order valence-electron chi connectivity index (χ0n) is 17.3. The van der Waals surface area contributed by atoms with Crippen LogP contribution in [0.5, 0.6) is 0 Å². The van der Waals surface area contributed by atoms with Crippen LogP contribution in [0.4, 0.5) is 0 Å². The van der Waals surface area contributed by atoms with Crippen molar-refractivity contribution in [2.75, 3.05) is 0 Å². The van der Waals surface area contributed by atoms with Crippen LogP contribution in [0.25, 0.3) is 28.0 Å². The SMILES string of the molecule is O=C(NC1CCCCC1)c1nnc2cc(-c3ccc(Cl)cc3)c(-c3ccccc3Cl)nn12. The first-order valence-corrected chi connectivity index (χ1v) is 11.4. The standard InChI is InChI=1S/C24H21Cl2N5O/c25-16-12-10-15(11-13-16)19-14-21-28-29-23(24(32)27-17-6-2-1-3-7-17)31(21)30-22(19)18-8-4-5-9-20(18)26/h4-5,8-14,17H,1-3,6-7H2,(H,27,32). The number of halogens is 2. The first-order chi connectivity index (χ1) is 15.6. The minimum Gasteiger partial charge on any atom is -0.347 e. The molecule has 0 radical (unpaired) electrons. The molecular weight excluding hydrogens is 445 g/mol. The number of carbonyl (C=O) groups excluding carboxylic acids is 1. The van der Waals surface area contributed by atoms with Gasteiger partial charge in [0, 0.05) is 22.2 Å². The van der Waals surface area contributed by atoms with Gasteiger partial charge in [-0.1, -0.05) is 72.8 Å². The lowest BCUT2D eigenvalue weighted by Crippen LogP contribution is -2.37. The molecule has 0 saturated heterocycles. The van der Waals surface area contributed by atoms with Crippen molar-refractivity contribution in [3.05, 3.63) is 70.5 Å². The van der Waals surface area contributed by atoms with E-state index < -0.39 is 0 Å². The van der Waals surface area contributed by atoms with Crippen molar-refractivity contribution >= 4 is 34.8 Å². The molecule has 1 saturated carbocycles. The normalized spacial score (nSPS) is 14.6. The zero-order valence-corrected chi connectivity index (χ0v) is 18.8. The number of hydrogen-bond acceptors (Lipinski definition) is 4. The zero-order chi connectivity index (χ0) is 22.1. The maximum absolute atomic E-state index is 13.0. The predicted octanol–water partition coefficient (Wildman–Crippen LogP) is 5.83. The smallest absolute Gasteiger partial charge is 0.291 e. The molecular formula is C24H21Cl2N5O. The van der Waals surface area contributed by atoms with Gasteiger partial charge in [-0.3, -0.25) is 4.79 Å². The molecule has 5 rings (SSSR count). The number of nitrogens with zero attached hydrogens (tertiary/aromatic N) is 4. The van der Waals surface area contributed by atoms with Gasteiger partial charge < -0.3 is 5.32 Å². The summed E-state index contributed by atoms with van der Waals surface area (Å²) in [6.07, 6.45) is 5.45. The van der Waals surface area contributed by atoms with E-state index in [0.29, 0.717) is 21.4 Å². The molecule has 2 aromatic carbocycles. The summed E-state index contributed by atoms with van der Waals surface area (Å²) >= 11 is 12.6. The topological polar surface area (TPSA) is 72.2 Å². The number of aromatic nitrogens is 4. The Morgan fingerprint density at radius 3 is 2.44 bits per heavy atom. The average Bonchev–Trinajstić information content (AvgIpc) is 3.23. The second-order valence-electron chi connectivity index (χ2n) is 8.00. The van der Waals surface area contributed by atoms with E-state index in [0.717, 1.165) is 42.4 Å². The second-order valence-corrected chi connectivity index (χ2v) is 8.84. The molecule has 8 heteroatoms. The Kier molecular flexibility index (Phi) is 5.81. The lowest BCUT2D eigenvalue weighted by Gasteiger charge is -2.22. The van der Waals surface area contributed by atoms with Gasteiger partial charge in [0.15, 0.2) is 5.65 Å². The Balaban J connectivity index is 1.63. The Bertz CT molecular complexity index is 1280. The van der Waals surface area contributed by atoms with Gasteiger partial charge in [0.1, 0.15) is 5.69 Å². The van der Waals surface area contributed by atoms with Crippen molar-refractivity contribution in [1.29, 1.82) is 0 Å². The largest absolute Gasteiger partial charge is 0.347 e. The van der Waals surface area contributed by atoms with Crippen LogP contribution in [-0.4, -0.2) is 31.8 Å². The second kappa shape index (κ2) is 8.88. The summed E-state index contributed by atoms with van der Waals surface area (Å²) in [6.45, 7) is 0. The molecule has 0 aliphatic heterocycles. The molecule has 0 spiro atoms.